The van der Waals surface area contributed by atoms with Crippen LogP contribution in [-0.4, -0.2) is 37.8 Å². The van der Waals surface area contributed by atoms with Crippen LogP contribution in [0.5, 0.6) is 0 Å². The highest BCUT2D eigenvalue weighted by Gasteiger charge is 2.28. The van der Waals surface area contributed by atoms with Gasteiger partial charge in [-0.2, -0.15) is 4.31 Å². The number of nitrogens with zero attached hydrogens (tertiary/aromatic N) is 1. The first-order chi connectivity index (χ1) is 12.2. The Balaban J connectivity index is 2.10. The minimum absolute atomic E-state index is 0.0103. The second kappa shape index (κ2) is 9.20. The second-order valence-corrected chi connectivity index (χ2v) is 9.80. The van der Waals surface area contributed by atoms with Crippen LogP contribution in [0.15, 0.2) is 23.1 Å². The Morgan fingerprint density at radius 3 is 2.46 bits per heavy atom. The molecule has 0 aliphatic carbocycles. The highest BCUT2D eigenvalue weighted by Crippen LogP contribution is 2.25. The van der Waals surface area contributed by atoms with Crippen molar-refractivity contribution >= 4 is 27.5 Å². The van der Waals surface area contributed by atoms with Gasteiger partial charge in [0.15, 0.2) is 0 Å². The number of benzene rings is 1. The first-order valence-electron chi connectivity index (χ1n) is 9.32. The van der Waals surface area contributed by atoms with Crippen molar-refractivity contribution in [2.24, 2.45) is 5.92 Å². The monoisotopic (exact) mass is 400 g/mol. The fourth-order valence-electron chi connectivity index (χ4n) is 3.12. The second-order valence-electron chi connectivity index (χ2n) is 7.45. The molecule has 7 heteroatoms. The molecule has 1 amide bonds. The van der Waals surface area contributed by atoms with Crippen molar-refractivity contribution in [2.75, 3.05) is 13.1 Å². The molecule has 0 radical (unpaired) electrons. The predicted molar refractivity (Wildman–Crippen MR) is 105 cm³/mol. The number of sulfonamides is 1. The van der Waals surface area contributed by atoms with Crippen LogP contribution in [0.25, 0.3) is 0 Å². The van der Waals surface area contributed by atoms with Gasteiger partial charge >= 0.3 is 0 Å². The van der Waals surface area contributed by atoms with Crippen LogP contribution in [0.2, 0.25) is 5.02 Å². The van der Waals surface area contributed by atoms with Crippen LogP contribution in [0.1, 0.15) is 63.2 Å². The van der Waals surface area contributed by atoms with Crippen LogP contribution < -0.4 is 5.32 Å². The van der Waals surface area contributed by atoms with Gasteiger partial charge in [0.2, 0.25) is 10.0 Å². The lowest BCUT2D eigenvalue weighted by molar-refractivity contribution is 0.0937. The number of hydrogen-bond acceptors (Lipinski definition) is 3. The van der Waals surface area contributed by atoms with Gasteiger partial charge in [-0.25, -0.2) is 8.42 Å². The number of nitrogens with one attached hydrogen (secondary N) is 1. The molecule has 1 atom stereocenters. The quantitative estimate of drug-likeness (QED) is 0.715. The smallest absolute Gasteiger partial charge is 0.253 e. The molecule has 1 heterocycles. The Morgan fingerprint density at radius 2 is 1.85 bits per heavy atom. The van der Waals surface area contributed by atoms with Gasteiger partial charge in [-0.05, 0) is 50.3 Å². The Bertz CT molecular complexity index is 728. The number of halogens is 1. The molecule has 1 aromatic carbocycles. The summed E-state index contributed by atoms with van der Waals surface area (Å²) in [5, 5.41) is 3.19. The summed E-state index contributed by atoms with van der Waals surface area (Å²) in [6.45, 7) is 7.36. The Morgan fingerprint density at radius 1 is 1.19 bits per heavy atom. The number of carbonyl (C=O) groups excluding carboxylic acids is 1. The van der Waals surface area contributed by atoms with Gasteiger partial charge < -0.3 is 5.32 Å². The summed E-state index contributed by atoms with van der Waals surface area (Å²) in [7, 11) is -3.57. The van der Waals surface area contributed by atoms with E-state index in [-0.39, 0.29) is 27.4 Å². The summed E-state index contributed by atoms with van der Waals surface area (Å²) < 4.78 is 26.9. The molecule has 1 saturated heterocycles. The lowest BCUT2D eigenvalue weighted by Gasteiger charge is -2.18. The maximum Gasteiger partial charge on any atom is 0.253 e. The first kappa shape index (κ1) is 21.2. The average molecular weight is 401 g/mol. The van der Waals surface area contributed by atoms with Gasteiger partial charge in [0.1, 0.15) is 0 Å². The molecule has 1 fully saturated rings. The molecule has 0 aromatic heterocycles. The highest BCUT2D eigenvalue weighted by molar-refractivity contribution is 7.89. The van der Waals surface area contributed by atoms with Crippen LogP contribution in [-0.2, 0) is 10.0 Å². The van der Waals surface area contributed by atoms with Crippen molar-refractivity contribution in [3.8, 4) is 0 Å². The van der Waals surface area contributed by atoms with Crippen molar-refractivity contribution in [1.29, 1.82) is 0 Å². The lowest BCUT2D eigenvalue weighted by Crippen LogP contribution is -2.33. The van der Waals surface area contributed by atoms with Crippen LogP contribution >= 0.6 is 11.6 Å². The maximum atomic E-state index is 12.7. The SMILES string of the molecule is CC(C)CCCC(C)NC(=O)c1cc(S(=O)(=O)N2CCCC2)ccc1Cl. The molecule has 146 valence electrons. The molecule has 0 saturated carbocycles. The Hall–Kier alpha value is -1.11. The van der Waals surface area contributed by atoms with E-state index in [0.29, 0.717) is 19.0 Å². The molecule has 1 aromatic rings. The molecule has 1 aliphatic heterocycles. The molecular formula is C19H29ClN2O3S. The normalized spacial score (nSPS) is 16.8. The van der Waals surface area contributed by atoms with E-state index in [9.17, 15) is 13.2 Å². The van der Waals surface area contributed by atoms with Crippen molar-refractivity contribution in [1.82, 2.24) is 9.62 Å². The van der Waals surface area contributed by atoms with E-state index in [0.717, 1.165) is 32.1 Å². The van der Waals surface area contributed by atoms with E-state index in [2.05, 4.69) is 19.2 Å². The zero-order valence-electron chi connectivity index (χ0n) is 15.8. The number of carbonyl (C=O) groups is 1. The van der Waals surface area contributed by atoms with Gasteiger partial charge in [-0.15, -0.1) is 0 Å². The van der Waals surface area contributed by atoms with Gasteiger partial charge in [-0.1, -0.05) is 38.3 Å². The molecule has 1 N–H and O–H groups in total. The van der Waals surface area contributed by atoms with Gasteiger partial charge in [-0.3, -0.25) is 4.79 Å². The number of amides is 1. The lowest BCUT2D eigenvalue weighted by atomic mass is 10.0. The van der Waals surface area contributed by atoms with Crippen molar-refractivity contribution < 1.29 is 13.2 Å². The molecule has 0 spiro atoms. The largest absolute Gasteiger partial charge is 0.350 e. The van der Waals surface area contributed by atoms with E-state index in [1.54, 1.807) is 0 Å². The number of hydrogen-bond donors (Lipinski definition) is 1. The third-order valence-corrected chi connectivity index (χ3v) is 6.91. The summed E-state index contributed by atoms with van der Waals surface area (Å²) in [5.41, 5.74) is 0.211. The summed E-state index contributed by atoms with van der Waals surface area (Å²) in [6, 6.07) is 4.37. The van der Waals surface area contributed by atoms with E-state index in [1.165, 1.54) is 22.5 Å². The minimum Gasteiger partial charge on any atom is -0.350 e. The minimum atomic E-state index is -3.57. The Labute approximate surface area is 162 Å². The zero-order chi connectivity index (χ0) is 19.3. The molecule has 1 aliphatic rings. The third-order valence-electron chi connectivity index (χ3n) is 4.68. The standard InChI is InChI=1S/C19H29ClN2O3S/c1-14(2)7-6-8-15(3)21-19(23)17-13-16(9-10-18(17)20)26(24,25)22-11-4-5-12-22/h9-10,13-15H,4-8,11-12H2,1-3H3,(H,21,23). The first-order valence-corrected chi connectivity index (χ1v) is 11.1. The maximum absolute atomic E-state index is 12.7. The molecule has 26 heavy (non-hydrogen) atoms. The van der Waals surface area contributed by atoms with E-state index in [4.69, 9.17) is 11.6 Å². The van der Waals surface area contributed by atoms with E-state index < -0.39 is 10.0 Å². The van der Waals surface area contributed by atoms with E-state index in [1.807, 2.05) is 6.92 Å². The summed E-state index contributed by atoms with van der Waals surface area (Å²) in [4.78, 5) is 12.7. The Kier molecular flexibility index (Phi) is 7.50. The molecule has 1 unspecified atom stereocenters. The molecule has 2 rings (SSSR count). The van der Waals surface area contributed by atoms with Crippen LogP contribution in [0, 0.1) is 5.92 Å². The van der Waals surface area contributed by atoms with Gasteiger partial charge in [0, 0.05) is 19.1 Å². The van der Waals surface area contributed by atoms with Crippen LogP contribution in [0.3, 0.4) is 0 Å². The summed E-state index contributed by atoms with van der Waals surface area (Å²) in [6.07, 6.45) is 4.77. The zero-order valence-corrected chi connectivity index (χ0v) is 17.4. The van der Waals surface area contributed by atoms with Crippen molar-refractivity contribution in [3.63, 3.8) is 0 Å². The van der Waals surface area contributed by atoms with Gasteiger partial charge in [0.05, 0.1) is 15.5 Å². The van der Waals surface area contributed by atoms with Crippen molar-refractivity contribution in [2.45, 2.75) is 63.8 Å². The predicted octanol–water partition coefficient (Wildman–Crippen LogP) is 4.07. The topological polar surface area (TPSA) is 66.5 Å². The molecular weight excluding hydrogens is 372 g/mol. The average Bonchev–Trinajstić information content (AvgIpc) is 3.09. The number of rotatable bonds is 8. The molecule has 0 bridgehead atoms. The van der Waals surface area contributed by atoms with Crippen LogP contribution in [0.4, 0.5) is 0 Å². The summed E-state index contributed by atoms with van der Waals surface area (Å²) in [5.74, 6) is 0.311. The van der Waals surface area contributed by atoms with Gasteiger partial charge in [0.25, 0.3) is 5.91 Å². The summed E-state index contributed by atoms with van der Waals surface area (Å²) >= 11 is 6.16. The highest BCUT2D eigenvalue weighted by atomic mass is 35.5. The fraction of sp³-hybridized carbons (Fsp3) is 0.632. The molecule has 5 nitrogen and oxygen atoms in total. The van der Waals surface area contributed by atoms with E-state index >= 15 is 0 Å². The third kappa shape index (κ3) is 5.44. The fourth-order valence-corrected chi connectivity index (χ4v) is 4.87. The van der Waals surface area contributed by atoms with Crippen molar-refractivity contribution in [3.05, 3.63) is 28.8 Å².